The van der Waals surface area contributed by atoms with Crippen molar-refractivity contribution in [1.29, 1.82) is 0 Å². The minimum absolute atomic E-state index is 0.546. The Kier molecular flexibility index (Phi) is 6.71. The third kappa shape index (κ3) is 5.23. The summed E-state index contributed by atoms with van der Waals surface area (Å²) in [4.78, 5) is 16.3. The first-order valence-corrected chi connectivity index (χ1v) is 9.85. The lowest BCUT2D eigenvalue weighted by molar-refractivity contribution is -0.103. The Balaban J connectivity index is 1.78. The Bertz CT molecular complexity index is 839. The molecule has 4 nitrogen and oxygen atoms in total. The molecule has 0 aliphatic heterocycles. The van der Waals surface area contributed by atoms with Crippen LogP contribution in [0.5, 0.6) is 5.75 Å². The molecule has 0 bridgehead atoms. The number of thioether (sulfide) groups is 1. The van der Waals surface area contributed by atoms with E-state index in [4.69, 9.17) is 14.5 Å². The number of hydrogen-bond acceptors (Lipinski definition) is 5. The van der Waals surface area contributed by atoms with Crippen molar-refractivity contribution in [3.05, 3.63) is 65.9 Å². The second kappa shape index (κ2) is 9.42. The molecule has 0 unspecified atom stereocenters. The average molecular weight is 381 g/mol. The maximum absolute atomic E-state index is 11.4. The number of allylic oxidation sites excluding steroid dienone is 1. The molecule has 0 radical (unpaired) electrons. The summed E-state index contributed by atoms with van der Waals surface area (Å²) < 4.78 is 10.2. The van der Waals surface area contributed by atoms with E-state index >= 15 is 0 Å². The molecule has 0 heterocycles. The molecule has 0 amide bonds. The first-order chi connectivity index (χ1) is 13.2. The summed E-state index contributed by atoms with van der Waals surface area (Å²) in [6, 6.07) is 15.7. The van der Waals surface area contributed by atoms with Gasteiger partial charge in [-0.15, -0.1) is 11.8 Å². The van der Waals surface area contributed by atoms with Crippen molar-refractivity contribution in [2.45, 2.75) is 18.6 Å². The highest BCUT2D eigenvalue weighted by Crippen LogP contribution is 2.38. The van der Waals surface area contributed by atoms with E-state index in [0.29, 0.717) is 11.5 Å². The van der Waals surface area contributed by atoms with Crippen LogP contribution in [0.1, 0.15) is 24.0 Å². The Labute approximate surface area is 164 Å². The lowest BCUT2D eigenvalue weighted by Crippen LogP contribution is -1.99. The van der Waals surface area contributed by atoms with E-state index in [1.807, 2.05) is 48.5 Å². The number of methoxy groups -OCH3 is 2. The number of aliphatic imine (C=N–C) groups is 1. The van der Waals surface area contributed by atoms with Gasteiger partial charge < -0.3 is 9.47 Å². The lowest BCUT2D eigenvalue weighted by atomic mass is 10.0. The van der Waals surface area contributed by atoms with E-state index in [1.165, 1.54) is 19.1 Å². The van der Waals surface area contributed by atoms with Crippen molar-refractivity contribution in [3.63, 3.8) is 0 Å². The van der Waals surface area contributed by atoms with Crippen molar-refractivity contribution in [2.24, 2.45) is 10.9 Å². The van der Waals surface area contributed by atoms with E-state index < -0.39 is 0 Å². The number of rotatable bonds is 8. The smallest absolute Gasteiger partial charge is 0.153 e. The molecule has 3 rings (SSSR count). The number of carbonyl (C=O) groups is 1. The lowest BCUT2D eigenvalue weighted by Gasteiger charge is -2.10. The maximum Gasteiger partial charge on any atom is 0.153 e. The molecule has 1 aliphatic rings. The fraction of sp³-hybridized carbons (Fsp3) is 0.273. The minimum Gasteiger partial charge on any atom is -0.504 e. The van der Waals surface area contributed by atoms with Gasteiger partial charge in [-0.25, -0.2) is 4.99 Å². The highest BCUT2D eigenvalue weighted by atomic mass is 32.2. The molecule has 1 saturated carbocycles. The molecular formula is C22H23NO3S. The average Bonchev–Trinajstić information content (AvgIpc) is 3.55. The van der Waals surface area contributed by atoms with Gasteiger partial charge in [0.15, 0.2) is 6.29 Å². The Morgan fingerprint density at radius 3 is 2.52 bits per heavy atom. The third-order valence-corrected chi connectivity index (χ3v) is 5.49. The number of hydrogen-bond donors (Lipinski definition) is 0. The van der Waals surface area contributed by atoms with E-state index in [0.717, 1.165) is 39.6 Å². The number of benzene rings is 2. The molecule has 0 spiro atoms. The molecule has 140 valence electrons. The predicted octanol–water partition coefficient (Wildman–Crippen LogP) is 5.25. The third-order valence-electron chi connectivity index (χ3n) is 4.31. The summed E-state index contributed by atoms with van der Waals surface area (Å²) in [5.74, 6) is 2.13. The standard InChI is InChI=1S/C22H23NO3S/c1-25-14-18(13-24)21-6-4-3-5-17(21)15-27-22(16-7-8-16)23-19-9-11-20(26-2)12-10-19/h3-6,9-14,16H,7-8,15H2,1-2H3/b18-14-,23-22?. The minimum atomic E-state index is 0.546. The van der Waals surface area contributed by atoms with E-state index in [-0.39, 0.29) is 0 Å². The second-order valence-corrected chi connectivity index (χ2v) is 7.29. The Morgan fingerprint density at radius 2 is 1.89 bits per heavy atom. The van der Waals surface area contributed by atoms with Crippen LogP contribution in [-0.2, 0) is 15.3 Å². The van der Waals surface area contributed by atoms with Crippen molar-refractivity contribution < 1.29 is 14.3 Å². The molecule has 1 aliphatic carbocycles. The molecule has 0 atom stereocenters. The molecule has 1 fully saturated rings. The van der Waals surface area contributed by atoms with Gasteiger partial charge in [0.25, 0.3) is 0 Å². The van der Waals surface area contributed by atoms with Crippen LogP contribution in [-0.4, -0.2) is 25.5 Å². The molecule has 2 aromatic carbocycles. The fourth-order valence-corrected chi connectivity index (χ4v) is 3.91. The van der Waals surface area contributed by atoms with Gasteiger partial charge in [0.1, 0.15) is 5.75 Å². The summed E-state index contributed by atoms with van der Waals surface area (Å²) >= 11 is 1.74. The quantitative estimate of drug-likeness (QED) is 0.206. The zero-order valence-corrected chi connectivity index (χ0v) is 16.4. The van der Waals surface area contributed by atoms with Crippen LogP contribution in [0, 0.1) is 5.92 Å². The van der Waals surface area contributed by atoms with Gasteiger partial charge in [-0.05, 0) is 48.2 Å². The van der Waals surface area contributed by atoms with Gasteiger partial charge >= 0.3 is 0 Å². The van der Waals surface area contributed by atoms with Crippen LogP contribution in [0.25, 0.3) is 5.57 Å². The highest BCUT2D eigenvalue weighted by molar-refractivity contribution is 8.13. The van der Waals surface area contributed by atoms with Gasteiger partial charge in [0.05, 0.1) is 36.8 Å². The molecule has 0 saturated heterocycles. The van der Waals surface area contributed by atoms with Crippen LogP contribution in [0.2, 0.25) is 0 Å². The topological polar surface area (TPSA) is 47.9 Å². The summed E-state index contributed by atoms with van der Waals surface area (Å²) in [5.41, 5.74) is 3.49. The molecule has 0 aromatic heterocycles. The van der Waals surface area contributed by atoms with E-state index in [1.54, 1.807) is 26.0 Å². The van der Waals surface area contributed by atoms with E-state index in [9.17, 15) is 4.79 Å². The van der Waals surface area contributed by atoms with Crippen LogP contribution >= 0.6 is 11.8 Å². The molecule has 27 heavy (non-hydrogen) atoms. The van der Waals surface area contributed by atoms with Gasteiger partial charge in [-0.2, -0.15) is 0 Å². The summed E-state index contributed by atoms with van der Waals surface area (Å²) in [6.45, 7) is 0. The number of nitrogens with zero attached hydrogens (tertiary/aromatic N) is 1. The monoisotopic (exact) mass is 381 g/mol. The first-order valence-electron chi connectivity index (χ1n) is 8.87. The largest absolute Gasteiger partial charge is 0.504 e. The number of carbonyl (C=O) groups excluding carboxylic acids is 1. The van der Waals surface area contributed by atoms with Crippen molar-refractivity contribution in [2.75, 3.05) is 14.2 Å². The maximum atomic E-state index is 11.4. The van der Waals surface area contributed by atoms with Crippen molar-refractivity contribution in [3.8, 4) is 5.75 Å². The summed E-state index contributed by atoms with van der Waals surface area (Å²) in [6.07, 6.45) is 4.70. The number of ether oxygens (including phenoxy) is 2. The van der Waals surface area contributed by atoms with Gasteiger partial charge in [0, 0.05) is 11.7 Å². The molecule has 5 heteroatoms. The summed E-state index contributed by atoms with van der Waals surface area (Å²) in [7, 11) is 3.21. The predicted molar refractivity (Wildman–Crippen MR) is 112 cm³/mol. The van der Waals surface area contributed by atoms with Gasteiger partial charge in [-0.1, -0.05) is 24.3 Å². The van der Waals surface area contributed by atoms with Crippen LogP contribution in [0.4, 0.5) is 5.69 Å². The van der Waals surface area contributed by atoms with Crippen molar-refractivity contribution >= 4 is 34.4 Å². The number of aldehydes is 1. The first kappa shape index (κ1) is 19.2. The van der Waals surface area contributed by atoms with Crippen molar-refractivity contribution in [1.82, 2.24) is 0 Å². The normalized spacial score (nSPS) is 14.7. The van der Waals surface area contributed by atoms with E-state index in [2.05, 4.69) is 0 Å². The molecule has 2 aromatic rings. The van der Waals surface area contributed by atoms with Crippen LogP contribution in [0.3, 0.4) is 0 Å². The van der Waals surface area contributed by atoms with Gasteiger partial charge in [0.2, 0.25) is 0 Å². The zero-order chi connectivity index (χ0) is 19.1. The van der Waals surface area contributed by atoms with Gasteiger partial charge in [-0.3, -0.25) is 4.79 Å². The Hall–Kier alpha value is -2.53. The Morgan fingerprint density at radius 1 is 1.15 bits per heavy atom. The molecular weight excluding hydrogens is 358 g/mol. The van der Waals surface area contributed by atoms with Crippen LogP contribution < -0.4 is 4.74 Å². The highest BCUT2D eigenvalue weighted by Gasteiger charge is 2.28. The molecule has 0 N–H and O–H groups in total. The summed E-state index contributed by atoms with van der Waals surface area (Å²) in [5, 5.41) is 1.15. The van der Waals surface area contributed by atoms with Crippen LogP contribution in [0.15, 0.2) is 59.8 Å². The fourth-order valence-electron chi connectivity index (χ4n) is 2.72. The SMILES string of the molecule is CO/C=C(/C=O)c1ccccc1CSC(=Nc1ccc(OC)cc1)C1CC1. The second-order valence-electron chi connectivity index (χ2n) is 6.29. The zero-order valence-electron chi connectivity index (χ0n) is 15.6.